The molecule has 2 nitrogen and oxygen atoms in total. The molecule has 0 heterocycles. The molecule has 0 saturated carbocycles. The first-order valence-electron chi connectivity index (χ1n) is 7.59. The van der Waals surface area contributed by atoms with Crippen molar-refractivity contribution in [2.75, 3.05) is 6.61 Å². The number of ether oxygens (including phenoxy) is 1. The molecule has 0 amide bonds. The molecule has 0 aromatic heterocycles. The van der Waals surface area contributed by atoms with Gasteiger partial charge in [-0.1, -0.05) is 19.4 Å². The van der Waals surface area contributed by atoms with Crippen LogP contribution in [0.5, 0.6) is 11.5 Å². The largest absolute Gasteiger partial charge is 0.507 e. The fourth-order valence-corrected chi connectivity index (χ4v) is 2.43. The van der Waals surface area contributed by atoms with E-state index < -0.39 is 0 Å². The van der Waals surface area contributed by atoms with E-state index >= 15 is 0 Å². The van der Waals surface area contributed by atoms with E-state index in [4.69, 9.17) is 4.74 Å². The van der Waals surface area contributed by atoms with Gasteiger partial charge < -0.3 is 9.84 Å². The lowest BCUT2D eigenvalue weighted by atomic mass is 9.94. The number of hydrogen-bond acceptors (Lipinski definition) is 2. The molecular weight excluding hydrogens is 248 g/mol. The highest BCUT2D eigenvalue weighted by atomic mass is 16.5. The van der Waals surface area contributed by atoms with E-state index in [1.807, 2.05) is 19.9 Å². The van der Waals surface area contributed by atoms with Crippen molar-refractivity contribution in [3.63, 3.8) is 0 Å². The standard InChI is InChI=1S/C18H28O2/c1-6-8-10-11-16-15(5)18(20-12-9-7-2)14(4)13(3)17(16)19/h6,19H,1,7-12H2,2-5H3. The van der Waals surface area contributed by atoms with Gasteiger partial charge in [0.25, 0.3) is 0 Å². The molecule has 0 bridgehead atoms. The summed E-state index contributed by atoms with van der Waals surface area (Å²) in [6, 6.07) is 0. The zero-order valence-electron chi connectivity index (χ0n) is 13.4. The van der Waals surface area contributed by atoms with Crippen LogP contribution in [0, 0.1) is 20.8 Å². The van der Waals surface area contributed by atoms with Gasteiger partial charge in [0, 0.05) is 5.56 Å². The molecule has 1 rings (SSSR count). The van der Waals surface area contributed by atoms with Gasteiger partial charge in [0.1, 0.15) is 11.5 Å². The average Bonchev–Trinajstić information content (AvgIpc) is 2.44. The summed E-state index contributed by atoms with van der Waals surface area (Å²) in [5.41, 5.74) is 4.12. The summed E-state index contributed by atoms with van der Waals surface area (Å²) in [4.78, 5) is 0. The maximum absolute atomic E-state index is 10.4. The van der Waals surface area contributed by atoms with Crippen LogP contribution in [0.3, 0.4) is 0 Å². The van der Waals surface area contributed by atoms with E-state index in [2.05, 4.69) is 20.4 Å². The number of phenolic OH excluding ortho intramolecular Hbond substituents is 1. The van der Waals surface area contributed by atoms with E-state index in [-0.39, 0.29) is 0 Å². The Morgan fingerprint density at radius 3 is 2.40 bits per heavy atom. The topological polar surface area (TPSA) is 29.5 Å². The van der Waals surface area contributed by atoms with Gasteiger partial charge in [0.05, 0.1) is 6.61 Å². The molecule has 0 unspecified atom stereocenters. The van der Waals surface area contributed by atoms with Crippen LogP contribution in [0.25, 0.3) is 0 Å². The SMILES string of the molecule is C=CCCCc1c(C)c(OCCCC)c(C)c(C)c1O. The minimum absolute atomic E-state index is 0.437. The molecule has 2 heteroatoms. The molecule has 0 aliphatic rings. The molecule has 0 aliphatic carbocycles. The molecule has 0 atom stereocenters. The van der Waals surface area contributed by atoms with Crippen LogP contribution in [-0.4, -0.2) is 11.7 Å². The Hall–Kier alpha value is -1.44. The predicted octanol–water partition coefficient (Wildman–Crippen LogP) is 5.01. The number of benzene rings is 1. The molecule has 0 fully saturated rings. The Balaban J connectivity index is 3.06. The third-order valence-electron chi connectivity index (χ3n) is 3.92. The number of unbranched alkanes of at least 4 members (excludes halogenated alkanes) is 2. The minimum Gasteiger partial charge on any atom is -0.507 e. The van der Waals surface area contributed by atoms with Crippen LogP contribution in [0.15, 0.2) is 12.7 Å². The Morgan fingerprint density at radius 1 is 1.10 bits per heavy atom. The number of aromatic hydroxyl groups is 1. The summed E-state index contributed by atoms with van der Waals surface area (Å²) in [6.07, 6.45) is 6.96. The number of phenols is 1. The quantitative estimate of drug-likeness (QED) is 0.534. The molecule has 0 radical (unpaired) electrons. The minimum atomic E-state index is 0.437. The Morgan fingerprint density at radius 2 is 1.80 bits per heavy atom. The molecule has 1 aromatic rings. The molecule has 20 heavy (non-hydrogen) atoms. The highest BCUT2D eigenvalue weighted by Gasteiger charge is 2.17. The highest BCUT2D eigenvalue weighted by molar-refractivity contribution is 5.57. The molecule has 112 valence electrons. The van der Waals surface area contributed by atoms with Gasteiger partial charge in [0.15, 0.2) is 0 Å². The van der Waals surface area contributed by atoms with Crippen molar-refractivity contribution in [2.24, 2.45) is 0 Å². The van der Waals surface area contributed by atoms with Gasteiger partial charge in [-0.3, -0.25) is 0 Å². The van der Waals surface area contributed by atoms with Gasteiger partial charge >= 0.3 is 0 Å². The summed E-state index contributed by atoms with van der Waals surface area (Å²) in [6.45, 7) is 12.7. The smallest absolute Gasteiger partial charge is 0.125 e. The molecule has 0 saturated heterocycles. The fraction of sp³-hybridized carbons (Fsp3) is 0.556. The van der Waals surface area contributed by atoms with E-state index in [1.54, 1.807) is 0 Å². The number of rotatable bonds is 8. The average molecular weight is 276 g/mol. The van der Waals surface area contributed by atoms with Gasteiger partial charge in [-0.2, -0.15) is 0 Å². The molecule has 0 spiro atoms. The Labute approximate surface area is 123 Å². The number of allylic oxidation sites excluding steroid dienone is 1. The second-order valence-electron chi connectivity index (χ2n) is 5.41. The maximum atomic E-state index is 10.4. The molecule has 0 aliphatic heterocycles. The maximum Gasteiger partial charge on any atom is 0.125 e. The fourth-order valence-electron chi connectivity index (χ4n) is 2.43. The van der Waals surface area contributed by atoms with Crippen LogP contribution >= 0.6 is 0 Å². The zero-order chi connectivity index (χ0) is 15.1. The third-order valence-corrected chi connectivity index (χ3v) is 3.92. The Kier molecular flexibility index (Phi) is 6.63. The van der Waals surface area contributed by atoms with Gasteiger partial charge in [0.2, 0.25) is 0 Å². The van der Waals surface area contributed by atoms with E-state index in [9.17, 15) is 5.11 Å². The highest BCUT2D eigenvalue weighted by Crippen LogP contribution is 2.37. The van der Waals surface area contributed by atoms with Crippen molar-refractivity contribution in [2.45, 2.75) is 59.8 Å². The third kappa shape index (κ3) is 3.78. The lowest BCUT2D eigenvalue weighted by Crippen LogP contribution is -2.05. The summed E-state index contributed by atoms with van der Waals surface area (Å²) < 4.78 is 5.96. The Bertz CT molecular complexity index is 461. The normalized spacial score (nSPS) is 10.6. The summed E-state index contributed by atoms with van der Waals surface area (Å²) in [5, 5.41) is 10.4. The lowest BCUT2D eigenvalue weighted by Gasteiger charge is -2.19. The first-order chi connectivity index (χ1) is 9.54. The zero-order valence-corrected chi connectivity index (χ0v) is 13.4. The van der Waals surface area contributed by atoms with Crippen LogP contribution in [0.4, 0.5) is 0 Å². The second-order valence-corrected chi connectivity index (χ2v) is 5.41. The van der Waals surface area contributed by atoms with Crippen LogP contribution < -0.4 is 4.74 Å². The predicted molar refractivity (Wildman–Crippen MR) is 85.9 cm³/mol. The summed E-state index contributed by atoms with van der Waals surface area (Å²) in [5.74, 6) is 1.40. The molecule has 1 N–H and O–H groups in total. The molecule has 1 aromatic carbocycles. The summed E-state index contributed by atoms with van der Waals surface area (Å²) in [7, 11) is 0. The van der Waals surface area contributed by atoms with E-state index in [1.165, 1.54) is 0 Å². The number of hydrogen-bond donors (Lipinski definition) is 1. The monoisotopic (exact) mass is 276 g/mol. The van der Waals surface area contributed by atoms with Gasteiger partial charge in [-0.05, 0) is 63.1 Å². The van der Waals surface area contributed by atoms with Crippen molar-refractivity contribution >= 4 is 0 Å². The van der Waals surface area contributed by atoms with Crippen molar-refractivity contribution in [3.05, 3.63) is 34.9 Å². The van der Waals surface area contributed by atoms with E-state index in [0.717, 1.165) is 66.7 Å². The first kappa shape index (κ1) is 16.6. The van der Waals surface area contributed by atoms with Gasteiger partial charge in [-0.15, -0.1) is 6.58 Å². The van der Waals surface area contributed by atoms with Crippen molar-refractivity contribution in [1.29, 1.82) is 0 Å². The van der Waals surface area contributed by atoms with Crippen LogP contribution in [-0.2, 0) is 6.42 Å². The van der Waals surface area contributed by atoms with Crippen molar-refractivity contribution in [3.8, 4) is 11.5 Å². The second kappa shape index (κ2) is 7.98. The van der Waals surface area contributed by atoms with Crippen molar-refractivity contribution < 1.29 is 9.84 Å². The van der Waals surface area contributed by atoms with Crippen LogP contribution in [0.1, 0.15) is 54.9 Å². The van der Waals surface area contributed by atoms with Crippen LogP contribution in [0.2, 0.25) is 0 Å². The molecular formula is C18H28O2. The first-order valence-corrected chi connectivity index (χ1v) is 7.59. The lowest BCUT2D eigenvalue weighted by molar-refractivity contribution is 0.303. The van der Waals surface area contributed by atoms with Gasteiger partial charge in [-0.25, -0.2) is 0 Å². The summed E-state index contributed by atoms with van der Waals surface area (Å²) >= 11 is 0. The van der Waals surface area contributed by atoms with E-state index in [0.29, 0.717) is 5.75 Å². The van der Waals surface area contributed by atoms with Crippen molar-refractivity contribution in [1.82, 2.24) is 0 Å².